The van der Waals surface area contributed by atoms with Crippen molar-refractivity contribution in [1.82, 2.24) is 29.4 Å². The molecule has 4 heterocycles. The zero-order valence-corrected chi connectivity index (χ0v) is 17.4. The maximum Gasteiger partial charge on any atom is 0.272 e. The Morgan fingerprint density at radius 2 is 1.84 bits per heavy atom. The molecule has 0 atom stereocenters. The van der Waals surface area contributed by atoms with Crippen LogP contribution in [0.25, 0.3) is 16.7 Å². The third-order valence-electron chi connectivity index (χ3n) is 5.57. The number of aryl methyl sites for hydroxylation is 2. The maximum absolute atomic E-state index is 12.8. The lowest BCUT2D eigenvalue weighted by Gasteiger charge is -2.39. The number of para-hydroxylation sites is 1. The van der Waals surface area contributed by atoms with Crippen LogP contribution in [0.2, 0.25) is 0 Å². The molecule has 1 fully saturated rings. The zero-order chi connectivity index (χ0) is 21.5. The molecular formula is C23H22N6O2. The second-order valence-electron chi connectivity index (χ2n) is 8.02. The smallest absolute Gasteiger partial charge is 0.272 e. The SMILES string of the molecule is Cc1cc(C)n(-c2ccc(=O)n(CC3CN(C(=O)c4ccc5ccccc5n4)C3)n2)n1. The minimum absolute atomic E-state index is 0.0845. The number of carbonyl (C=O) groups excluding carboxylic acids is 1. The summed E-state index contributed by atoms with van der Waals surface area (Å²) in [5.41, 5.74) is 2.94. The predicted molar refractivity (Wildman–Crippen MR) is 116 cm³/mol. The minimum Gasteiger partial charge on any atom is -0.336 e. The molecule has 156 valence electrons. The molecule has 1 aliphatic heterocycles. The number of rotatable bonds is 4. The van der Waals surface area contributed by atoms with Crippen LogP contribution in [0.5, 0.6) is 0 Å². The number of amides is 1. The first-order valence-electron chi connectivity index (χ1n) is 10.2. The van der Waals surface area contributed by atoms with E-state index in [2.05, 4.69) is 15.2 Å². The molecule has 8 nitrogen and oxygen atoms in total. The molecule has 0 saturated carbocycles. The van der Waals surface area contributed by atoms with Crippen molar-refractivity contribution in [3.63, 3.8) is 0 Å². The Hall–Kier alpha value is -3.81. The third kappa shape index (κ3) is 3.61. The highest BCUT2D eigenvalue weighted by Gasteiger charge is 2.32. The van der Waals surface area contributed by atoms with Gasteiger partial charge in [-0.1, -0.05) is 24.3 Å². The van der Waals surface area contributed by atoms with Crippen LogP contribution in [0.1, 0.15) is 21.9 Å². The molecule has 1 aliphatic rings. The van der Waals surface area contributed by atoms with E-state index >= 15 is 0 Å². The molecule has 8 heteroatoms. The number of fused-ring (bicyclic) bond motifs is 1. The second kappa shape index (κ2) is 7.46. The molecular weight excluding hydrogens is 392 g/mol. The molecule has 5 rings (SSSR count). The fourth-order valence-corrected chi connectivity index (χ4v) is 3.99. The number of benzene rings is 1. The summed E-state index contributed by atoms with van der Waals surface area (Å²) >= 11 is 0. The Kier molecular flexibility index (Phi) is 4.62. The zero-order valence-electron chi connectivity index (χ0n) is 17.4. The van der Waals surface area contributed by atoms with Gasteiger partial charge in [-0.2, -0.15) is 5.10 Å². The van der Waals surface area contributed by atoms with Crippen molar-refractivity contribution in [3.8, 4) is 5.82 Å². The fourth-order valence-electron chi connectivity index (χ4n) is 3.99. The average Bonchev–Trinajstić information content (AvgIpc) is 3.08. The van der Waals surface area contributed by atoms with Crippen LogP contribution < -0.4 is 5.56 Å². The van der Waals surface area contributed by atoms with Gasteiger partial charge in [0.2, 0.25) is 0 Å². The Morgan fingerprint density at radius 3 is 2.61 bits per heavy atom. The maximum atomic E-state index is 12.8. The van der Waals surface area contributed by atoms with E-state index in [4.69, 9.17) is 0 Å². The summed E-state index contributed by atoms with van der Waals surface area (Å²) in [6, 6.07) is 16.6. The van der Waals surface area contributed by atoms with Crippen LogP contribution in [0, 0.1) is 19.8 Å². The number of hydrogen-bond acceptors (Lipinski definition) is 5. The standard InChI is InChI=1S/C23H22N6O2/c1-15-11-16(2)29(25-15)21-9-10-22(30)28(26-21)14-17-12-27(13-17)23(31)20-8-7-18-5-3-4-6-19(18)24-20/h3-11,17H,12-14H2,1-2H3. The summed E-state index contributed by atoms with van der Waals surface area (Å²) in [5, 5.41) is 9.93. The van der Waals surface area contributed by atoms with Crippen molar-refractivity contribution in [2.75, 3.05) is 13.1 Å². The molecule has 1 saturated heterocycles. The van der Waals surface area contributed by atoms with E-state index in [1.54, 1.807) is 21.7 Å². The first kappa shape index (κ1) is 19.2. The van der Waals surface area contributed by atoms with Gasteiger partial charge in [-0.3, -0.25) is 9.59 Å². The lowest BCUT2D eigenvalue weighted by atomic mass is 9.99. The van der Waals surface area contributed by atoms with Crippen LogP contribution in [-0.2, 0) is 6.54 Å². The molecule has 0 aliphatic carbocycles. The van der Waals surface area contributed by atoms with Gasteiger partial charge in [0.15, 0.2) is 5.82 Å². The Labute approximate surface area is 178 Å². The van der Waals surface area contributed by atoms with E-state index in [0.717, 1.165) is 22.3 Å². The number of pyridine rings is 1. The van der Waals surface area contributed by atoms with Gasteiger partial charge >= 0.3 is 0 Å². The summed E-state index contributed by atoms with van der Waals surface area (Å²) in [4.78, 5) is 31.3. The van der Waals surface area contributed by atoms with Gasteiger partial charge in [0, 0.05) is 36.2 Å². The number of likely N-dealkylation sites (tertiary alicyclic amines) is 1. The highest BCUT2D eigenvalue weighted by molar-refractivity contribution is 5.95. The lowest BCUT2D eigenvalue weighted by molar-refractivity contribution is 0.0453. The van der Waals surface area contributed by atoms with E-state index in [9.17, 15) is 9.59 Å². The number of hydrogen-bond donors (Lipinski definition) is 0. The van der Waals surface area contributed by atoms with Gasteiger partial charge < -0.3 is 4.90 Å². The summed E-state index contributed by atoms with van der Waals surface area (Å²) < 4.78 is 3.19. The van der Waals surface area contributed by atoms with Gasteiger partial charge in [-0.15, -0.1) is 5.10 Å². The number of carbonyl (C=O) groups is 1. The van der Waals surface area contributed by atoms with Gasteiger partial charge in [0.05, 0.1) is 17.8 Å². The molecule has 1 aromatic carbocycles. The number of aromatic nitrogens is 5. The Bertz CT molecular complexity index is 1350. The van der Waals surface area contributed by atoms with Crippen LogP contribution in [0.15, 0.2) is 59.4 Å². The predicted octanol–water partition coefficient (Wildman–Crippen LogP) is 2.37. The van der Waals surface area contributed by atoms with E-state index in [1.165, 1.54) is 10.7 Å². The Balaban J connectivity index is 1.28. The topological polar surface area (TPSA) is 85.9 Å². The summed E-state index contributed by atoms with van der Waals surface area (Å²) in [7, 11) is 0. The molecule has 0 unspecified atom stereocenters. The van der Waals surface area contributed by atoms with Crippen molar-refractivity contribution in [2.24, 2.45) is 5.92 Å². The second-order valence-corrected chi connectivity index (χ2v) is 8.02. The average molecular weight is 414 g/mol. The molecule has 0 spiro atoms. The monoisotopic (exact) mass is 414 g/mol. The normalized spacial score (nSPS) is 14.1. The summed E-state index contributed by atoms with van der Waals surface area (Å²) in [6.07, 6.45) is 0. The van der Waals surface area contributed by atoms with E-state index < -0.39 is 0 Å². The highest BCUT2D eigenvalue weighted by Crippen LogP contribution is 2.21. The molecule has 3 aromatic heterocycles. The summed E-state index contributed by atoms with van der Waals surface area (Å²) in [5.74, 6) is 0.696. The first-order chi connectivity index (χ1) is 15.0. The minimum atomic E-state index is -0.161. The van der Waals surface area contributed by atoms with Crippen molar-refractivity contribution in [3.05, 3.63) is 82.0 Å². The van der Waals surface area contributed by atoms with Crippen molar-refractivity contribution >= 4 is 16.8 Å². The van der Waals surface area contributed by atoms with Crippen molar-refractivity contribution in [1.29, 1.82) is 0 Å². The quantitative estimate of drug-likeness (QED) is 0.512. The fraction of sp³-hybridized carbons (Fsp3) is 0.261. The van der Waals surface area contributed by atoms with Crippen LogP contribution >= 0.6 is 0 Å². The van der Waals surface area contributed by atoms with Gasteiger partial charge in [0.1, 0.15) is 5.69 Å². The van der Waals surface area contributed by atoms with Crippen LogP contribution in [-0.4, -0.2) is 48.4 Å². The van der Waals surface area contributed by atoms with Gasteiger partial charge in [-0.05, 0) is 38.1 Å². The Morgan fingerprint density at radius 1 is 1.03 bits per heavy atom. The number of nitrogens with zero attached hydrogens (tertiary/aromatic N) is 6. The molecule has 1 amide bonds. The van der Waals surface area contributed by atoms with Crippen LogP contribution in [0.4, 0.5) is 0 Å². The first-order valence-corrected chi connectivity index (χ1v) is 10.2. The van der Waals surface area contributed by atoms with Gasteiger partial charge in [-0.25, -0.2) is 14.3 Å². The van der Waals surface area contributed by atoms with Crippen LogP contribution in [0.3, 0.4) is 0 Å². The lowest BCUT2D eigenvalue weighted by Crippen LogP contribution is -2.52. The molecule has 4 aromatic rings. The highest BCUT2D eigenvalue weighted by atomic mass is 16.2. The van der Waals surface area contributed by atoms with E-state index in [0.29, 0.717) is 31.1 Å². The van der Waals surface area contributed by atoms with Crippen molar-refractivity contribution in [2.45, 2.75) is 20.4 Å². The van der Waals surface area contributed by atoms with E-state index in [1.807, 2.05) is 50.2 Å². The van der Waals surface area contributed by atoms with Crippen molar-refractivity contribution < 1.29 is 4.79 Å². The molecule has 0 N–H and O–H groups in total. The molecule has 0 bridgehead atoms. The molecule has 0 radical (unpaired) electrons. The van der Waals surface area contributed by atoms with E-state index in [-0.39, 0.29) is 17.4 Å². The molecule has 31 heavy (non-hydrogen) atoms. The third-order valence-corrected chi connectivity index (χ3v) is 5.57. The van der Waals surface area contributed by atoms with Gasteiger partial charge in [0.25, 0.3) is 11.5 Å². The summed E-state index contributed by atoms with van der Waals surface area (Å²) in [6.45, 7) is 5.48. The largest absolute Gasteiger partial charge is 0.336 e.